The van der Waals surface area contributed by atoms with Crippen LogP contribution in [-0.4, -0.2) is 32.8 Å². The largest absolute Gasteiger partial charge is 0.477 e. The van der Waals surface area contributed by atoms with Gasteiger partial charge in [-0.2, -0.15) is 10.5 Å². The number of rotatable bonds is 6. The standard InChI is InChI=1S/C47H32N4O4/c1-47(2)39-23-31(50-41-9-5-3-7-35(41)37-21-27(11-17-43(37)50)19-29(25-48)45(52)53)13-15-33(39)34-16-14-32(24-40(34)47)51-42-10-6-4-8-36(42)38-22-28(12-18-44(38)51)20-30(26-49)46(54)55/h3-24,35,41H,1-2H3,(H,52,53)(H,54,55)/b29-19+,30-20+. The maximum Gasteiger partial charge on any atom is 0.346 e. The lowest BCUT2D eigenvalue weighted by atomic mass is 9.82. The molecular formula is C47H32N4O4. The molecule has 9 rings (SSSR count). The predicted molar refractivity (Wildman–Crippen MR) is 214 cm³/mol. The number of nitrogens with zero attached hydrogens (tertiary/aromatic N) is 4. The summed E-state index contributed by atoms with van der Waals surface area (Å²) in [5.74, 6) is -2.44. The molecule has 264 valence electrons. The van der Waals surface area contributed by atoms with E-state index in [0.717, 1.165) is 44.4 Å². The maximum atomic E-state index is 11.6. The fraction of sp³-hybridized carbons (Fsp3) is 0.106. The molecule has 0 saturated heterocycles. The molecule has 0 spiro atoms. The van der Waals surface area contributed by atoms with Gasteiger partial charge in [-0.05, 0) is 106 Å². The monoisotopic (exact) mass is 716 g/mol. The number of aliphatic carboxylic acids is 2. The first kappa shape index (κ1) is 33.4. The number of benzene rings is 5. The van der Waals surface area contributed by atoms with Gasteiger partial charge >= 0.3 is 11.9 Å². The second-order valence-corrected chi connectivity index (χ2v) is 14.6. The van der Waals surface area contributed by atoms with Gasteiger partial charge in [-0.1, -0.05) is 80.6 Å². The van der Waals surface area contributed by atoms with E-state index in [-0.39, 0.29) is 28.5 Å². The van der Waals surface area contributed by atoms with Crippen LogP contribution in [0.3, 0.4) is 0 Å². The number of hydrogen-bond acceptors (Lipinski definition) is 5. The Morgan fingerprint density at radius 1 is 0.691 bits per heavy atom. The lowest BCUT2D eigenvalue weighted by Gasteiger charge is -2.30. The van der Waals surface area contributed by atoms with E-state index in [1.165, 1.54) is 34.4 Å². The number of carbonyl (C=O) groups is 2. The summed E-state index contributed by atoms with van der Waals surface area (Å²) >= 11 is 0. The van der Waals surface area contributed by atoms with Crippen molar-refractivity contribution in [2.75, 3.05) is 4.90 Å². The van der Waals surface area contributed by atoms with Crippen molar-refractivity contribution in [3.8, 4) is 29.0 Å². The molecule has 8 heteroatoms. The molecule has 6 aromatic rings. The summed E-state index contributed by atoms with van der Waals surface area (Å²) in [7, 11) is 0. The minimum atomic E-state index is -1.26. The number of para-hydroxylation sites is 1. The molecule has 0 bridgehead atoms. The van der Waals surface area contributed by atoms with E-state index in [4.69, 9.17) is 0 Å². The average Bonchev–Trinajstić information content (AvgIpc) is 3.78. The smallest absolute Gasteiger partial charge is 0.346 e. The molecule has 8 nitrogen and oxygen atoms in total. The normalized spacial score (nSPS) is 17.7. The van der Waals surface area contributed by atoms with Crippen molar-refractivity contribution in [1.29, 1.82) is 10.5 Å². The lowest BCUT2D eigenvalue weighted by molar-refractivity contribution is -0.133. The summed E-state index contributed by atoms with van der Waals surface area (Å²) in [6.45, 7) is 4.53. The van der Waals surface area contributed by atoms with Gasteiger partial charge < -0.3 is 19.7 Å². The average molecular weight is 717 g/mol. The van der Waals surface area contributed by atoms with E-state index >= 15 is 0 Å². The molecule has 0 fully saturated rings. The number of fused-ring (bicyclic) bond motifs is 9. The minimum absolute atomic E-state index is 0.0348. The van der Waals surface area contributed by atoms with Crippen LogP contribution in [0.4, 0.5) is 11.4 Å². The van der Waals surface area contributed by atoms with Gasteiger partial charge in [-0.15, -0.1) is 0 Å². The molecule has 5 aromatic carbocycles. The summed E-state index contributed by atoms with van der Waals surface area (Å²) in [6, 6.07) is 36.8. The third-order valence-electron chi connectivity index (χ3n) is 11.3. The zero-order valence-electron chi connectivity index (χ0n) is 29.9. The highest BCUT2D eigenvalue weighted by molar-refractivity contribution is 6.10. The molecule has 2 atom stereocenters. The van der Waals surface area contributed by atoms with E-state index in [2.05, 4.69) is 90.1 Å². The summed E-state index contributed by atoms with van der Waals surface area (Å²) < 4.78 is 2.25. The summed E-state index contributed by atoms with van der Waals surface area (Å²) in [5, 5.41) is 39.6. The van der Waals surface area contributed by atoms with Crippen molar-refractivity contribution in [3.05, 3.63) is 160 Å². The second kappa shape index (κ2) is 12.3. The Labute approximate surface area is 316 Å². The van der Waals surface area contributed by atoms with Crippen LogP contribution in [0.25, 0.3) is 50.8 Å². The van der Waals surface area contributed by atoms with E-state index in [1.54, 1.807) is 12.1 Å². The van der Waals surface area contributed by atoms with Gasteiger partial charge in [0.05, 0.1) is 17.1 Å². The van der Waals surface area contributed by atoms with Crippen molar-refractivity contribution < 1.29 is 19.8 Å². The quantitative estimate of drug-likeness (QED) is 0.130. The summed E-state index contributed by atoms with van der Waals surface area (Å²) in [5.41, 5.74) is 11.4. The topological polar surface area (TPSA) is 130 Å². The Morgan fingerprint density at radius 2 is 1.29 bits per heavy atom. The number of carboxylic acid groups (broad SMARTS) is 2. The Balaban J connectivity index is 1.12. The highest BCUT2D eigenvalue weighted by atomic mass is 16.4. The molecule has 2 N–H and O–H groups in total. The molecule has 55 heavy (non-hydrogen) atoms. The van der Waals surface area contributed by atoms with Crippen LogP contribution in [-0.2, 0) is 15.0 Å². The lowest BCUT2D eigenvalue weighted by Crippen LogP contribution is -2.28. The summed E-state index contributed by atoms with van der Waals surface area (Å²) in [6.07, 6.45) is 11.3. The minimum Gasteiger partial charge on any atom is -0.477 e. The molecule has 0 amide bonds. The third-order valence-corrected chi connectivity index (χ3v) is 11.3. The van der Waals surface area contributed by atoms with Crippen molar-refractivity contribution >= 4 is 57.3 Å². The number of allylic oxidation sites excluding steroid dienone is 2. The highest BCUT2D eigenvalue weighted by Crippen LogP contribution is 2.53. The van der Waals surface area contributed by atoms with Crippen LogP contribution >= 0.6 is 0 Å². The van der Waals surface area contributed by atoms with Gasteiger partial charge in [-0.3, -0.25) is 0 Å². The Morgan fingerprint density at radius 3 is 1.98 bits per heavy atom. The Bertz CT molecular complexity index is 2910. The fourth-order valence-electron chi connectivity index (χ4n) is 8.73. The molecule has 1 aliphatic heterocycles. The van der Waals surface area contributed by atoms with Gasteiger partial charge in [0.25, 0.3) is 0 Å². The van der Waals surface area contributed by atoms with Gasteiger partial charge in [0.15, 0.2) is 0 Å². The first-order valence-corrected chi connectivity index (χ1v) is 17.9. The van der Waals surface area contributed by atoms with Crippen LogP contribution < -0.4 is 4.90 Å². The van der Waals surface area contributed by atoms with Crippen LogP contribution in [0.1, 0.15) is 47.6 Å². The fourth-order valence-corrected chi connectivity index (χ4v) is 8.73. The zero-order chi connectivity index (χ0) is 38.2. The molecule has 2 heterocycles. The zero-order valence-corrected chi connectivity index (χ0v) is 29.9. The SMILES string of the molecule is CC1(C)c2cc(N3c4ccc(/C=C(\C#N)C(=O)O)cc4C4C=CC=CC43)ccc2-c2ccc(-n3c4ccccc4c4cc(/C=C(\C#N)C(=O)O)ccc43)cc21. The van der Waals surface area contributed by atoms with E-state index in [1.807, 2.05) is 54.6 Å². The molecule has 0 radical (unpaired) electrons. The van der Waals surface area contributed by atoms with Gasteiger partial charge in [-0.25, -0.2) is 9.59 Å². The number of hydrogen-bond donors (Lipinski definition) is 2. The van der Waals surface area contributed by atoms with E-state index in [0.29, 0.717) is 11.1 Å². The van der Waals surface area contributed by atoms with Crippen molar-refractivity contribution in [3.63, 3.8) is 0 Å². The molecule has 1 aromatic heterocycles. The molecule has 0 saturated carbocycles. The Hall–Kier alpha value is -7.42. The van der Waals surface area contributed by atoms with Crippen LogP contribution in [0.5, 0.6) is 0 Å². The van der Waals surface area contributed by atoms with Crippen LogP contribution in [0, 0.1) is 22.7 Å². The van der Waals surface area contributed by atoms with Gasteiger partial charge in [0, 0.05) is 39.2 Å². The van der Waals surface area contributed by atoms with Gasteiger partial charge in [0.2, 0.25) is 0 Å². The van der Waals surface area contributed by atoms with Crippen LogP contribution in [0.2, 0.25) is 0 Å². The highest BCUT2D eigenvalue weighted by Gasteiger charge is 2.40. The second-order valence-electron chi connectivity index (χ2n) is 14.6. The molecule has 3 aliphatic rings. The van der Waals surface area contributed by atoms with Crippen molar-refractivity contribution in [2.24, 2.45) is 0 Å². The third kappa shape index (κ3) is 5.11. The van der Waals surface area contributed by atoms with Gasteiger partial charge in [0.1, 0.15) is 23.3 Å². The molecular weight excluding hydrogens is 685 g/mol. The number of aromatic nitrogens is 1. The number of anilines is 2. The van der Waals surface area contributed by atoms with Crippen molar-refractivity contribution in [2.45, 2.75) is 31.2 Å². The van der Waals surface area contributed by atoms with E-state index < -0.39 is 11.9 Å². The first-order chi connectivity index (χ1) is 26.6. The Kier molecular flexibility index (Phi) is 7.49. The first-order valence-electron chi connectivity index (χ1n) is 17.9. The molecule has 2 aliphatic carbocycles. The summed E-state index contributed by atoms with van der Waals surface area (Å²) in [4.78, 5) is 25.5. The predicted octanol–water partition coefficient (Wildman–Crippen LogP) is 9.80. The number of carboxylic acids is 2. The van der Waals surface area contributed by atoms with Crippen LogP contribution in [0.15, 0.2) is 133 Å². The maximum absolute atomic E-state index is 11.6. The van der Waals surface area contributed by atoms with Crippen molar-refractivity contribution in [1.82, 2.24) is 4.57 Å². The van der Waals surface area contributed by atoms with E-state index in [9.17, 15) is 30.3 Å². The number of nitriles is 2. The molecule has 2 unspecified atom stereocenters.